The van der Waals surface area contributed by atoms with Crippen LogP contribution in [0, 0.1) is 27.7 Å². The van der Waals surface area contributed by atoms with Gasteiger partial charge in [-0.25, -0.2) is 0 Å². The van der Waals surface area contributed by atoms with Crippen LogP contribution in [0.15, 0.2) is 36.4 Å². The van der Waals surface area contributed by atoms with Crippen molar-refractivity contribution in [1.29, 1.82) is 0 Å². The molecule has 31 heavy (non-hydrogen) atoms. The van der Waals surface area contributed by atoms with Crippen LogP contribution in [0.1, 0.15) is 47.2 Å². The van der Waals surface area contributed by atoms with E-state index in [1.807, 2.05) is 52.0 Å². The first-order valence-corrected chi connectivity index (χ1v) is 11.3. The van der Waals surface area contributed by atoms with Crippen LogP contribution in [0.2, 0.25) is 0 Å². The van der Waals surface area contributed by atoms with Crippen LogP contribution in [0.25, 0.3) is 0 Å². The topological polar surface area (TPSA) is 72.2 Å². The van der Waals surface area contributed by atoms with E-state index in [-0.39, 0.29) is 17.4 Å². The maximum atomic E-state index is 11.6. The smallest absolute Gasteiger partial charge is 0.151 e. The largest absolute Gasteiger partial charge is 0.331 e. The molecule has 2 rings (SSSR count). The number of nitrogens with one attached hydrogen (secondary N) is 1. The van der Waals surface area contributed by atoms with Gasteiger partial charge in [-0.2, -0.15) is 0 Å². The molecule has 0 radical (unpaired) electrons. The zero-order chi connectivity index (χ0) is 23.8. The van der Waals surface area contributed by atoms with Crippen LogP contribution >= 0.6 is 11.6 Å². The highest BCUT2D eigenvalue weighted by Crippen LogP contribution is 2.15. The first kappa shape index (κ1) is 29.0. The number of halogens is 1. The van der Waals surface area contributed by atoms with E-state index in [1.165, 1.54) is 27.8 Å². The number of carbonyl (C=O) groups excluding carboxylic acids is 2. The summed E-state index contributed by atoms with van der Waals surface area (Å²) < 4.78 is 0. The summed E-state index contributed by atoms with van der Waals surface area (Å²) in [4.78, 5) is 22.8. The molecule has 0 aromatic heterocycles. The summed E-state index contributed by atoms with van der Waals surface area (Å²) in [5.41, 5.74) is 11.9. The summed E-state index contributed by atoms with van der Waals surface area (Å²) in [5, 5.41) is 3.06. The molecule has 0 aliphatic carbocycles. The number of ketones is 2. The van der Waals surface area contributed by atoms with E-state index in [0.717, 1.165) is 18.7 Å². The Balaban J connectivity index is 0.000000519. The average Bonchev–Trinajstić information content (AvgIpc) is 2.73. The standard InChI is InChI=1S/C13H19NO.C11H13ClO.C2H7N/c1-4-14-9-12(15)8-13-10(2)6-5-7-11(13)3;1-8-4-3-5-9(2)11(8)6-10(13)7-12;1-2-3/h5-7,14H,4,8-9H2,1-3H3;3-5H,6-7H2,1-2H3;2-3H2,1H3. The Morgan fingerprint density at radius 3 is 1.48 bits per heavy atom. The lowest BCUT2D eigenvalue weighted by atomic mass is 9.98. The number of rotatable bonds is 8. The minimum atomic E-state index is 0.0825. The van der Waals surface area contributed by atoms with Gasteiger partial charge in [0.1, 0.15) is 0 Å². The van der Waals surface area contributed by atoms with Gasteiger partial charge in [-0.1, -0.05) is 50.2 Å². The predicted octanol–water partition coefficient (Wildman–Crippen LogP) is 4.64. The van der Waals surface area contributed by atoms with E-state index in [1.54, 1.807) is 0 Å². The van der Waals surface area contributed by atoms with Crippen molar-refractivity contribution in [3.05, 3.63) is 69.8 Å². The Morgan fingerprint density at radius 1 is 0.806 bits per heavy atom. The molecule has 0 saturated heterocycles. The maximum absolute atomic E-state index is 11.6. The van der Waals surface area contributed by atoms with Crippen molar-refractivity contribution in [1.82, 2.24) is 5.32 Å². The second-order valence-electron chi connectivity index (χ2n) is 7.49. The molecule has 0 atom stereocenters. The average molecular weight is 447 g/mol. The van der Waals surface area contributed by atoms with E-state index in [0.29, 0.717) is 19.4 Å². The summed E-state index contributed by atoms with van der Waals surface area (Å²) in [5.74, 6) is 0.446. The van der Waals surface area contributed by atoms with Crippen molar-refractivity contribution in [3.8, 4) is 0 Å². The van der Waals surface area contributed by atoms with Crippen molar-refractivity contribution in [3.63, 3.8) is 0 Å². The molecule has 172 valence electrons. The van der Waals surface area contributed by atoms with Gasteiger partial charge in [-0.3, -0.25) is 9.59 Å². The molecule has 0 spiro atoms. The van der Waals surface area contributed by atoms with Gasteiger partial charge in [0.25, 0.3) is 0 Å². The molecule has 4 nitrogen and oxygen atoms in total. The molecule has 0 amide bonds. The minimum absolute atomic E-state index is 0.0825. The lowest BCUT2D eigenvalue weighted by Gasteiger charge is -2.08. The Kier molecular flexibility index (Phi) is 15.6. The van der Waals surface area contributed by atoms with E-state index in [4.69, 9.17) is 17.3 Å². The van der Waals surface area contributed by atoms with Gasteiger partial charge < -0.3 is 11.1 Å². The van der Waals surface area contributed by atoms with Crippen molar-refractivity contribution < 1.29 is 9.59 Å². The quantitative estimate of drug-likeness (QED) is 0.579. The Hall–Kier alpha value is -2.01. The van der Waals surface area contributed by atoms with Gasteiger partial charge in [-0.15, -0.1) is 11.6 Å². The fourth-order valence-corrected chi connectivity index (χ4v) is 3.12. The van der Waals surface area contributed by atoms with Gasteiger partial charge in [0.05, 0.1) is 12.4 Å². The highest BCUT2D eigenvalue weighted by Gasteiger charge is 2.08. The second kappa shape index (κ2) is 16.7. The third-order valence-electron chi connectivity index (χ3n) is 4.76. The Bertz CT molecular complexity index is 779. The number of hydrogen-bond acceptors (Lipinski definition) is 4. The lowest BCUT2D eigenvalue weighted by molar-refractivity contribution is -0.118. The van der Waals surface area contributed by atoms with Crippen LogP contribution in [-0.2, 0) is 22.4 Å². The highest BCUT2D eigenvalue weighted by molar-refractivity contribution is 6.27. The van der Waals surface area contributed by atoms with Gasteiger partial charge in [0.15, 0.2) is 11.6 Å². The third kappa shape index (κ3) is 11.8. The number of benzene rings is 2. The number of aryl methyl sites for hydroxylation is 4. The highest BCUT2D eigenvalue weighted by atomic mass is 35.5. The molecule has 2 aromatic rings. The Morgan fingerprint density at radius 2 is 1.16 bits per heavy atom. The molecule has 0 aliphatic rings. The minimum Gasteiger partial charge on any atom is -0.331 e. The zero-order valence-electron chi connectivity index (χ0n) is 20.0. The summed E-state index contributed by atoms with van der Waals surface area (Å²) in [6, 6.07) is 12.2. The van der Waals surface area contributed by atoms with E-state index < -0.39 is 0 Å². The summed E-state index contributed by atoms with van der Waals surface area (Å²) in [6.45, 7) is 14.1. The van der Waals surface area contributed by atoms with Gasteiger partial charge in [0, 0.05) is 12.8 Å². The molecular weight excluding hydrogens is 408 g/mol. The van der Waals surface area contributed by atoms with Crippen molar-refractivity contribution in [2.75, 3.05) is 25.5 Å². The number of nitrogens with two attached hydrogens (primary N) is 1. The van der Waals surface area contributed by atoms with E-state index in [9.17, 15) is 9.59 Å². The summed E-state index contributed by atoms with van der Waals surface area (Å²) >= 11 is 5.46. The van der Waals surface area contributed by atoms with E-state index >= 15 is 0 Å². The van der Waals surface area contributed by atoms with Gasteiger partial charge in [0.2, 0.25) is 0 Å². The number of carbonyl (C=O) groups is 2. The van der Waals surface area contributed by atoms with Crippen molar-refractivity contribution >= 4 is 23.2 Å². The molecule has 0 bridgehead atoms. The first-order chi connectivity index (χ1) is 14.7. The molecular formula is C26H39ClN2O2. The van der Waals surface area contributed by atoms with Crippen LogP contribution in [0.3, 0.4) is 0 Å². The number of likely N-dealkylation sites (N-methyl/N-ethyl adjacent to an activating group) is 1. The lowest BCUT2D eigenvalue weighted by Crippen LogP contribution is -2.24. The molecule has 5 heteroatoms. The fraction of sp³-hybridized carbons (Fsp3) is 0.462. The molecule has 3 N–H and O–H groups in total. The third-order valence-corrected chi connectivity index (χ3v) is 5.06. The fourth-order valence-electron chi connectivity index (χ4n) is 3.02. The van der Waals surface area contributed by atoms with Gasteiger partial charge >= 0.3 is 0 Å². The zero-order valence-corrected chi connectivity index (χ0v) is 20.7. The summed E-state index contributed by atoms with van der Waals surface area (Å²) in [7, 11) is 0. The number of hydrogen-bond donors (Lipinski definition) is 2. The Labute approximate surface area is 193 Å². The van der Waals surface area contributed by atoms with Crippen LogP contribution in [-0.4, -0.2) is 37.1 Å². The van der Waals surface area contributed by atoms with Crippen molar-refractivity contribution in [2.45, 2.75) is 54.4 Å². The molecule has 0 unspecified atom stereocenters. The molecule has 0 aliphatic heterocycles. The maximum Gasteiger partial charge on any atom is 0.151 e. The monoisotopic (exact) mass is 446 g/mol. The van der Waals surface area contributed by atoms with Crippen molar-refractivity contribution in [2.24, 2.45) is 5.73 Å². The van der Waals surface area contributed by atoms with Crippen LogP contribution in [0.5, 0.6) is 0 Å². The van der Waals surface area contributed by atoms with E-state index in [2.05, 4.69) is 31.3 Å². The molecule has 0 fully saturated rings. The van der Waals surface area contributed by atoms with Crippen LogP contribution in [0.4, 0.5) is 0 Å². The normalized spacial score (nSPS) is 9.81. The predicted molar refractivity (Wildman–Crippen MR) is 133 cm³/mol. The summed E-state index contributed by atoms with van der Waals surface area (Å²) in [6.07, 6.45) is 1.01. The SMILES string of the molecule is CCN.CCNCC(=O)Cc1c(C)cccc1C.Cc1cccc(C)c1CC(=O)CCl. The van der Waals surface area contributed by atoms with Crippen LogP contribution < -0.4 is 11.1 Å². The number of Topliss-reactive ketones (excluding diaryl/α,β-unsaturated/α-hetero) is 2. The first-order valence-electron chi connectivity index (χ1n) is 10.8. The number of alkyl halides is 1. The molecule has 0 heterocycles. The molecule has 0 saturated carbocycles. The second-order valence-corrected chi connectivity index (χ2v) is 7.76. The van der Waals surface area contributed by atoms with Gasteiger partial charge in [-0.05, 0) is 74.2 Å². The molecule has 2 aromatic carbocycles.